The summed E-state index contributed by atoms with van der Waals surface area (Å²) in [6.45, 7) is 0. The smallest absolute Gasteiger partial charge is 0.231 e. The molecule has 2 saturated heterocycles. The average molecular weight is 180 g/mol. The SMILES string of the molecule is O=C1CCC(C2NC23CC3)C(=O)N1. The Balaban J connectivity index is 1.71. The van der Waals surface area contributed by atoms with E-state index in [2.05, 4.69) is 10.6 Å². The van der Waals surface area contributed by atoms with Crippen molar-refractivity contribution in [3.63, 3.8) is 0 Å². The largest absolute Gasteiger partial charge is 0.304 e. The number of carbonyl (C=O) groups is 2. The molecule has 4 heteroatoms. The van der Waals surface area contributed by atoms with Gasteiger partial charge in [0.05, 0.1) is 5.92 Å². The average Bonchev–Trinajstić information content (AvgIpc) is 2.94. The fourth-order valence-electron chi connectivity index (χ4n) is 2.37. The minimum atomic E-state index is -0.119. The molecular formula is C9H12N2O2. The number of rotatable bonds is 1. The molecule has 2 amide bonds. The van der Waals surface area contributed by atoms with Crippen molar-refractivity contribution in [2.75, 3.05) is 0 Å². The van der Waals surface area contributed by atoms with Crippen molar-refractivity contribution >= 4 is 11.8 Å². The summed E-state index contributed by atoms with van der Waals surface area (Å²) in [7, 11) is 0. The molecule has 1 aliphatic carbocycles. The van der Waals surface area contributed by atoms with Crippen LogP contribution in [-0.4, -0.2) is 23.4 Å². The molecule has 13 heavy (non-hydrogen) atoms. The van der Waals surface area contributed by atoms with Gasteiger partial charge in [0.25, 0.3) is 0 Å². The van der Waals surface area contributed by atoms with Crippen LogP contribution in [0.2, 0.25) is 0 Å². The van der Waals surface area contributed by atoms with Crippen molar-refractivity contribution in [1.29, 1.82) is 0 Å². The highest BCUT2D eigenvalue weighted by Crippen LogP contribution is 2.53. The molecular weight excluding hydrogens is 168 g/mol. The van der Waals surface area contributed by atoms with E-state index in [0.717, 1.165) is 6.42 Å². The van der Waals surface area contributed by atoms with Crippen molar-refractivity contribution in [2.24, 2.45) is 5.92 Å². The third-order valence-corrected chi connectivity index (χ3v) is 3.43. The van der Waals surface area contributed by atoms with Gasteiger partial charge in [0, 0.05) is 18.0 Å². The summed E-state index contributed by atoms with van der Waals surface area (Å²) in [5, 5.41) is 5.76. The maximum Gasteiger partial charge on any atom is 0.231 e. The predicted octanol–water partition coefficient (Wildman–Crippen LogP) is -0.456. The molecule has 2 atom stereocenters. The number of piperidine rings is 1. The Labute approximate surface area is 76.1 Å². The lowest BCUT2D eigenvalue weighted by molar-refractivity contribution is -0.136. The summed E-state index contributed by atoms with van der Waals surface area (Å²) in [4.78, 5) is 22.3. The topological polar surface area (TPSA) is 68.1 Å². The van der Waals surface area contributed by atoms with E-state index < -0.39 is 0 Å². The molecule has 2 heterocycles. The highest BCUT2D eigenvalue weighted by Gasteiger charge is 2.66. The van der Waals surface area contributed by atoms with Gasteiger partial charge in [0.15, 0.2) is 0 Å². The van der Waals surface area contributed by atoms with E-state index in [0.29, 0.717) is 18.0 Å². The second kappa shape index (κ2) is 2.12. The minimum Gasteiger partial charge on any atom is -0.304 e. The summed E-state index contributed by atoms with van der Waals surface area (Å²) in [5.74, 6) is -0.149. The quantitative estimate of drug-likeness (QED) is 0.424. The Morgan fingerprint density at radius 1 is 1.31 bits per heavy atom. The van der Waals surface area contributed by atoms with Crippen molar-refractivity contribution in [2.45, 2.75) is 37.3 Å². The molecule has 0 bridgehead atoms. The fraction of sp³-hybridized carbons (Fsp3) is 0.778. The van der Waals surface area contributed by atoms with Crippen molar-refractivity contribution in [3.8, 4) is 0 Å². The molecule has 2 unspecified atom stereocenters. The van der Waals surface area contributed by atoms with E-state index in [9.17, 15) is 9.59 Å². The summed E-state index contributed by atoms with van der Waals surface area (Å²) >= 11 is 0. The number of carbonyl (C=O) groups excluding carboxylic acids is 2. The molecule has 1 saturated carbocycles. The lowest BCUT2D eigenvalue weighted by Gasteiger charge is -2.19. The van der Waals surface area contributed by atoms with Gasteiger partial charge in [-0.3, -0.25) is 14.9 Å². The normalized spacial score (nSPS) is 40.3. The molecule has 2 N–H and O–H groups in total. The summed E-state index contributed by atoms with van der Waals surface area (Å²) in [6.07, 6.45) is 3.64. The predicted molar refractivity (Wildman–Crippen MR) is 44.8 cm³/mol. The Hall–Kier alpha value is -0.900. The fourth-order valence-corrected chi connectivity index (χ4v) is 2.37. The summed E-state index contributed by atoms with van der Waals surface area (Å²) < 4.78 is 0. The molecule has 0 aromatic carbocycles. The van der Waals surface area contributed by atoms with Gasteiger partial charge in [0.2, 0.25) is 11.8 Å². The summed E-state index contributed by atoms with van der Waals surface area (Å²) in [5.41, 5.74) is 0.322. The Morgan fingerprint density at radius 2 is 2.08 bits per heavy atom. The van der Waals surface area contributed by atoms with E-state index >= 15 is 0 Å². The number of hydrogen-bond acceptors (Lipinski definition) is 3. The van der Waals surface area contributed by atoms with Crippen molar-refractivity contribution in [1.82, 2.24) is 10.6 Å². The first-order valence-corrected chi connectivity index (χ1v) is 4.83. The van der Waals surface area contributed by atoms with Gasteiger partial charge >= 0.3 is 0 Å². The van der Waals surface area contributed by atoms with Gasteiger partial charge in [-0.1, -0.05) is 0 Å². The van der Waals surface area contributed by atoms with Crippen molar-refractivity contribution < 1.29 is 9.59 Å². The van der Waals surface area contributed by atoms with Crippen LogP contribution in [0.25, 0.3) is 0 Å². The standard InChI is InChI=1S/C9H12N2O2/c12-6-2-1-5(8(13)10-6)7-9(11-7)3-4-9/h5,7,11H,1-4H2,(H,10,12,13). The van der Waals surface area contributed by atoms with Gasteiger partial charge in [-0.05, 0) is 19.3 Å². The first-order chi connectivity index (χ1) is 6.21. The summed E-state index contributed by atoms with van der Waals surface area (Å²) in [6, 6.07) is 0.362. The van der Waals surface area contributed by atoms with E-state index in [-0.39, 0.29) is 17.7 Å². The third-order valence-electron chi connectivity index (χ3n) is 3.43. The van der Waals surface area contributed by atoms with Crippen LogP contribution in [0.5, 0.6) is 0 Å². The molecule has 0 aromatic rings. The maximum absolute atomic E-state index is 11.4. The lowest BCUT2D eigenvalue weighted by Crippen LogP contribution is -2.43. The van der Waals surface area contributed by atoms with E-state index in [1.54, 1.807) is 0 Å². The molecule has 3 rings (SSSR count). The Bertz CT molecular complexity index is 296. The van der Waals surface area contributed by atoms with Crippen LogP contribution in [0.1, 0.15) is 25.7 Å². The monoisotopic (exact) mass is 180 g/mol. The maximum atomic E-state index is 11.4. The third kappa shape index (κ3) is 1.01. The molecule has 1 spiro atoms. The molecule has 2 aliphatic heterocycles. The van der Waals surface area contributed by atoms with Gasteiger partial charge in [-0.15, -0.1) is 0 Å². The number of nitrogens with one attached hydrogen (secondary N) is 2. The Morgan fingerprint density at radius 3 is 2.62 bits per heavy atom. The second-order valence-corrected chi connectivity index (χ2v) is 4.34. The highest BCUT2D eigenvalue weighted by molar-refractivity contribution is 5.99. The van der Waals surface area contributed by atoms with Crippen LogP contribution < -0.4 is 10.6 Å². The van der Waals surface area contributed by atoms with Gasteiger partial charge in [-0.25, -0.2) is 0 Å². The van der Waals surface area contributed by atoms with Crippen LogP contribution in [0, 0.1) is 5.92 Å². The van der Waals surface area contributed by atoms with E-state index in [1.165, 1.54) is 12.8 Å². The lowest BCUT2D eigenvalue weighted by atomic mass is 9.92. The molecule has 0 radical (unpaired) electrons. The first-order valence-electron chi connectivity index (χ1n) is 4.83. The molecule has 3 fully saturated rings. The van der Waals surface area contributed by atoms with Crippen molar-refractivity contribution in [3.05, 3.63) is 0 Å². The highest BCUT2D eigenvalue weighted by atomic mass is 16.2. The number of hydrogen-bond donors (Lipinski definition) is 2. The van der Waals surface area contributed by atoms with E-state index in [4.69, 9.17) is 0 Å². The van der Waals surface area contributed by atoms with Gasteiger partial charge in [0.1, 0.15) is 0 Å². The number of amides is 2. The number of imide groups is 1. The zero-order valence-electron chi connectivity index (χ0n) is 7.30. The van der Waals surface area contributed by atoms with Crippen LogP contribution in [0.4, 0.5) is 0 Å². The second-order valence-electron chi connectivity index (χ2n) is 4.34. The van der Waals surface area contributed by atoms with Crippen LogP contribution in [0.3, 0.4) is 0 Å². The molecule has 3 aliphatic rings. The first kappa shape index (κ1) is 7.50. The van der Waals surface area contributed by atoms with Crippen LogP contribution in [0.15, 0.2) is 0 Å². The Kier molecular flexibility index (Phi) is 1.22. The van der Waals surface area contributed by atoms with Crippen LogP contribution >= 0.6 is 0 Å². The molecule has 70 valence electrons. The van der Waals surface area contributed by atoms with Gasteiger partial charge in [-0.2, -0.15) is 0 Å². The van der Waals surface area contributed by atoms with Gasteiger partial charge < -0.3 is 5.32 Å². The molecule has 0 aromatic heterocycles. The van der Waals surface area contributed by atoms with E-state index in [1.807, 2.05) is 0 Å². The zero-order chi connectivity index (χ0) is 9.05. The zero-order valence-corrected chi connectivity index (χ0v) is 7.30. The molecule has 4 nitrogen and oxygen atoms in total. The van der Waals surface area contributed by atoms with Crippen LogP contribution in [-0.2, 0) is 9.59 Å². The minimum absolute atomic E-state index is 0.0419.